The first-order valence-electron chi connectivity index (χ1n) is 22.3. The molecule has 10 rings (SSSR count). The van der Waals surface area contributed by atoms with Crippen LogP contribution in [0.3, 0.4) is 0 Å². The van der Waals surface area contributed by atoms with Gasteiger partial charge in [-0.15, -0.1) is 0 Å². The Labute approximate surface area is 382 Å². The predicted molar refractivity (Wildman–Crippen MR) is 260 cm³/mol. The number of hydrogen-bond acceptors (Lipinski definition) is 7. The first kappa shape index (κ1) is 42.1. The van der Waals surface area contributed by atoms with Gasteiger partial charge < -0.3 is 33.2 Å². The van der Waals surface area contributed by atoms with Crippen LogP contribution in [0.4, 0.5) is 0 Å². The summed E-state index contributed by atoms with van der Waals surface area (Å²) in [6.07, 6.45) is 7.74. The van der Waals surface area contributed by atoms with Crippen LogP contribution in [-0.4, -0.2) is 35.5 Å². The third kappa shape index (κ3) is 6.95. The normalized spacial score (nSPS) is 16.8. The molecule has 0 atom stereocenters. The van der Waals surface area contributed by atoms with E-state index in [2.05, 4.69) is 101 Å². The fraction of sp³-hybridized carbons (Fsp3) is 0.276. The van der Waals surface area contributed by atoms with E-state index >= 15 is 0 Å². The van der Waals surface area contributed by atoms with E-state index in [1.165, 1.54) is 22.3 Å². The Morgan fingerprint density at radius 1 is 0.477 bits per heavy atom. The molecule has 0 saturated heterocycles. The summed E-state index contributed by atoms with van der Waals surface area (Å²) in [4.78, 5) is 0. The summed E-state index contributed by atoms with van der Waals surface area (Å²) in [5, 5.41) is 2.02. The first-order valence-corrected chi connectivity index (χ1v) is 22.3. The summed E-state index contributed by atoms with van der Waals surface area (Å²) in [5.74, 6) is 5.81. The van der Waals surface area contributed by atoms with Gasteiger partial charge in [0, 0.05) is 44.7 Å². The van der Waals surface area contributed by atoms with Crippen molar-refractivity contribution in [1.29, 1.82) is 0 Å². The smallest absolute Gasteiger partial charge is 0.178 e. The van der Waals surface area contributed by atoms with Crippen LogP contribution in [0.15, 0.2) is 133 Å². The highest BCUT2D eigenvalue weighted by Crippen LogP contribution is 2.67. The molecule has 0 unspecified atom stereocenters. The van der Waals surface area contributed by atoms with Gasteiger partial charge in [0.15, 0.2) is 5.60 Å². The number of methoxy groups -OCH3 is 5. The van der Waals surface area contributed by atoms with E-state index in [9.17, 15) is 0 Å². The molecule has 65 heavy (non-hydrogen) atoms. The molecular formula is C58H56O7. The van der Waals surface area contributed by atoms with Crippen molar-refractivity contribution in [3.05, 3.63) is 161 Å². The number of benzene rings is 7. The van der Waals surface area contributed by atoms with Gasteiger partial charge in [-0.25, -0.2) is 0 Å². The topological polar surface area (TPSA) is 64.6 Å². The number of hydrogen-bond donors (Lipinski definition) is 0. The van der Waals surface area contributed by atoms with Crippen LogP contribution in [0.25, 0.3) is 39.1 Å². The summed E-state index contributed by atoms with van der Waals surface area (Å²) >= 11 is 0. The average Bonchev–Trinajstić information content (AvgIpc) is 3.58. The molecule has 0 aromatic heterocycles. The zero-order chi connectivity index (χ0) is 45.3. The van der Waals surface area contributed by atoms with Gasteiger partial charge in [-0.3, -0.25) is 0 Å². The molecule has 3 aliphatic rings. The quantitative estimate of drug-likeness (QED) is 0.136. The Bertz CT molecular complexity index is 2910. The maximum Gasteiger partial charge on any atom is 0.178 e. The SMILES string of the molecule is COc1ccc(Oc2cc3c4c(c5c(c3cc2-c2ccc(OC)cc2OC)OC(c2ccc(OC)cc2)(c2ccc(OC)cc2)C=C5)C2(CC(C)(C)CC(C)(C)C2)c2ccccc2-4)cc1. The van der Waals surface area contributed by atoms with Crippen molar-refractivity contribution in [2.75, 3.05) is 35.5 Å². The molecule has 7 aromatic rings. The van der Waals surface area contributed by atoms with Gasteiger partial charge in [0.1, 0.15) is 46.0 Å². The standard InChI is InChI=1S/C58H56O7/c1-55(2)33-56(3,4)35-57(34-55)49-13-11-10-12-44(49)52-47-32-51(64-41-24-22-40(61-7)23-25-41)46(43-27-26-42(62-8)30-50(43)63-9)31-48(47)54-45(53(52)57)28-29-58(65-54,36-14-18-38(59-5)19-15-36)37-16-20-39(60-6)21-17-37/h10-32H,33-35H2,1-9H3. The summed E-state index contributed by atoms with van der Waals surface area (Å²) in [7, 11) is 8.41. The van der Waals surface area contributed by atoms with Gasteiger partial charge in [0.2, 0.25) is 0 Å². The molecule has 1 spiro atoms. The van der Waals surface area contributed by atoms with E-state index in [4.69, 9.17) is 33.2 Å². The Balaban J connectivity index is 1.34. The third-order valence-corrected chi connectivity index (χ3v) is 13.9. The lowest BCUT2D eigenvalue weighted by Crippen LogP contribution is -2.44. The van der Waals surface area contributed by atoms with Gasteiger partial charge in [0.05, 0.1) is 35.5 Å². The molecule has 0 N–H and O–H groups in total. The fourth-order valence-electron chi connectivity index (χ4n) is 11.9. The molecule has 7 aromatic carbocycles. The Morgan fingerprint density at radius 3 is 1.62 bits per heavy atom. The van der Waals surface area contributed by atoms with Crippen LogP contribution in [0.2, 0.25) is 0 Å². The lowest BCUT2D eigenvalue weighted by molar-refractivity contribution is 0.0642. The molecule has 0 radical (unpaired) electrons. The van der Waals surface area contributed by atoms with Gasteiger partial charge in [0.25, 0.3) is 0 Å². The summed E-state index contributed by atoms with van der Waals surface area (Å²) < 4.78 is 43.6. The van der Waals surface area contributed by atoms with E-state index in [0.29, 0.717) is 23.0 Å². The third-order valence-electron chi connectivity index (χ3n) is 13.9. The van der Waals surface area contributed by atoms with Crippen LogP contribution < -0.4 is 33.2 Å². The van der Waals surface area contributed by atoms with Crippen molar-refractivity contribution >= 4 is 16.8 Å². The van der Waals surface area contributed by atoms with E-state index in [1.54, 1.807) is 35.5 Å². The molecule has 1 saturated carbocycles. The van der Waals surface area contributed by atoms with Crippen LogP contribution in [0, 0.1) is 10.8 Å². The van der Waals surface area contributed by atoms with Crippen molar-refractivity contribution < 1.29 is 33.2 Å². The molecule has 2 aliphatic carbocycles. The van der Waals surface area contributed by atoms with Gasteiger partial charge >= 0.3 is 0 Å². The van der Waals surface area contributed by atoms with Gasteiger partial charge in [-0.2, -0.15) is 0 Å². The molecule has 0 amide bonds. The van der Waals surface area contributed by atoms with Crippen LogP contribution in [-0.2, 0) is 11.0 Å². The Hall–Kier alpha value is -6.86. The molecule has 1 aliphatic heterocycles. The highest BCUT2D eigenvalue weighted by molar-refractivity contribution is 6.11. The van der Waals surface area contributed by atoms with Crippen molar-refractivity contribution in [3.8, 4) is 68.2 Å². The first-order chi connectivity index (χ1) is 31.3. The van der Waals surface area contributed by atoms with E-state index in [-0.39, 0.29) is 16.2 Å². The summed E-state index contributed by atoms with van der Waals surface area (Å²) in [5.41, 5.74) is 8.71. The number of ether oxygens (including phenoxy) is 7. The lowest BCUT2D eigenvalue weighted by Gasteiger charge is -2.52. The van der Waals surface area contributed by atoms with Crippen molar-refractivity contribution in [1.82, 2.24) is 0 Å². The minimum absolute atomic E-state index is 0.0604. The molecule has 0 bridgehead atoms. The average molecular weight is 865 g/mol. The molecule has 330 valence electrons. The number of fused-ring (bicyclic) bond motifs is 10. The molecule has 1 fully saturated rings. The zero-order valence-electron chi connectivity index (χ0n) is 38.8. The second kappa shape index (κ2) is 15.7. The predicted octanol–water partition coefficient (Wildman–Crippen LogP) is 14.2. The second-order valence-electron chi connectivity index (χ2n) is 19.3. The monoisotopic (exact) mass is 864 g/mol. The highest BCUT2D eigenvalue weighted by atomic mass is 16.5. The molecule has 7 nitrogen and oxygen atoms in total. The minimum atomic E-state index is -1.02. The van der Waals surface area contributed by atoms with Gasteiger partial charge in [-0.05, 0) is 137 Å². The highest BCUT2D eigenvalue weighted by Gasteiger charge is 2.55. The van der Waals surface area contributed by atoms with Crippen LogP contribution in [0.5, 0.6) is 46.0 Å². The molecule has 7 heteroatoms. The minimum Gasteiger partial charge on any atom is -0.497 e. The van der Waals surface area contributed by atoms with E-state index < -0.39 is 5.60 Å². The summed E-state index contributed by atoms with van der Waals surface area (Å²) in [6, 6.07) is 43.6. The van der Waals surface area contributed by atoms with E-state index in [0.717, 1.165) is 80.9 Å². The Kier molecular flexibility index (Phi) is 10.2. The maximum absolute atomic E-state index is 7.91. The Morgan fingerprint density at radius 2 is 1.03 bits per heavy atom. The van der Waals surface area contributed by atoms with Crippen LogP contribution >= 0.6 is 0 Å². The second-order valence-corrected chi connectivity index (χ2v) is 19.3. The number of rotatable bonds is 10. The molecule has 1 heterocycles. The summed E-state index contributed by atoms with van der Waals surface area (Å²) in [6.45, 7) is 9.79. The molecular weight excluding hydrogens is 809 g/mol. The zero-order valence-corrected chi connectivity index (χ0v) is 38.8. The van der Waals surface area contributed by atoms with Crippen molar-refractivity contribution in [3.63, 3.8) is 0 Å². The van der Waals surface area contributed by atoms with E-state index in [1.807, 2.05) is 66.7 Å². The van der Waals surface area contributed by atoms with Crippen molar-refractivity contribution in [2.45, 2.75) is 58.0 Å². The fourth-order valence-corrected chi connectivity index (χ4v) is 11.9. The lowest BCUT2D eigenvalue weighted by atomic mass is 9.52. The van der Waals surface area contributed by atoms with Gasteiger partial charge in [-0.1, -0.05) is 82.3 Å². The van der Waals surface area contributed by atoms with Crippen LogP contribution in [0.1, 0.15) is 74.8 Å². The largest absolute Gasteiger partial charge is 0.497 e. The maximum atomic E-state index is 7.91. The van der Waals surface area contributed by atoms with Crippen molar-refractivity contribution in [2.24, 2.45) is 10.8 Å².